The summed E-state index contributed by atoms with van der Waals surface area (Å²) >= 11 is 0. The molecule has 0 saturated heterocycles. The number of nitriles is 1. The first-order chi connectivity index (χ1) is 9.20. The highest BCUT2D eigenvalue weighted by molar-refractivity contribution is 5.58. The molecule has 0 atom stereocenters. The summed E-state index contributed by atoms with van der Waals surface area (Å²) in [5, 5.41) is 19.5. The van der Waals surface area contributed by atoms with E-state index in [9.17, 15) is 10.1 Å². The summed E-state index contributed by atoms with van der Waals surface area (Å²) in [6.07, 6.45) is 1.09. The predicted octanol–water partition coefficient (Wildman–Crippen LogP) is 2.30. The molecule has 0 aliphatic rings. The number of hydrazine groups is 1. The van der Waals surface area contributed by atoms with Crippen LogP contribution in [0.15, 0.2) is 42.6 Å². The zero-order valence-corrected chi connectivity index (χ0v) is 9.70. The van der Waals surface area contributed by atoms with Gasteiger partial charge in [0.05, 0.1) is 10.6 Å². The molecule has 0 fully saturated rings. The fourth-order valence-electron chi connectivity index (χ4n) is 1.39. The fraction of sp³-hybridized carbons (Fsp3) is 0. The van der Waals surface area contributed by atoms with Crippen molar-refractivity contribution in [2.75, 3.05) is 10.9 Å². The van der Waals surface area contributed by atoms with E-state index in [-0.39, 0.29) is 17.1 Å². The van der Waals surface area contributed by atoms with Crippen molar-refractivity contribution in [1.82, 2.24) is 4.98 Å². The van der Waals surface area contributed by atoms with Gasteiger partial charge in [0.1, 0.15) is 17.8 Å². The van der Waals surface area contributed by atoms with Gasteiger partial charge < -0.3 is 0 Å². The molecule has 1 aromatic heterocycles. The monoisotopic (exact) mass is 255 g/mol. The van der Waals surface area contributed by atoms with E-state index in [1.807, 2.05) is 36.4 Å². The first-order valence-corrected chi connectivity index (χ1v) is 5.32. The Morgan fingerprint density at radius 2 is 2.00 bits per heavy atom. The van der Waals surface area contributed by atoms with Gasteiger partial charge in [-0.3, -0.25) is 21.0 Å². The second-order valence-electron chi connectivity index (χ2n) is 3.57. The van der Waals surface area contributed by atoms with Gasteiger partial charge in [-0.1, -0.05) is 18.2 Å². The Bertz CT molecular complexity index is 636. The maximum Gasteiger partial charge on any atom is 0.289 e. The minimum Gasteiger partial charge on any atom is -0.300 e. The quantitative estimate of drug-likeness (QED) is 0.641. The molecule has 0 amide bonds. The molecule has 0 saturated carbocycles. The SMILES string of the molecule is N#Cc1cc([N+](=O)[O-])cnc1NNc1ccccc1. The van der Waals surface area contributed by atoms with Gasteiger partial charge in [-0.15, -0.1) is 0 Å². The third-order valence-electron chi connectivity index (χ3n) is 2.30. The molecule has 0 spiro atoms. The minimum absolute atomic E-state index is 0.0950. The van der Waals surface area contributed by atoms with Gasteiger partial charge in [-0.25, -0.2) is 4.98 Å². The Balaban J connectivity index is 2.17. The molecule has 19 heavy (non-hydrogen) atoms. The number of nitrogens with one attached hydrogen (secondary N) is 2. The smallest absolute Gasteiger partial charge is 0.289 e. The van der Waals surface area contributed by atoms with Crippen molar-refractivity contribution in [3.8, 4) is 6.07 Å². The molecular weight excluding hydrogens is 246 g/mol. The van der Waals surface area contributed by atoms with Gasteiger partial charge in [-0.05, 0) is 12.1 Å². The van der Waals surface area contributed by atoms with Crippen molar-refractivity contribution in [3.05, 3.63) is 58.3 Å². The number of para-hydroxylation sites is 1. The number of hydrogen-bond donors (Lipinski definition) is 2. The molecule has 0 aliphatic heterocycles. The molecule has 0 radical (unpaired) electrons. The zero-order chi connectivity index (χ0) is 13.7. The zero-order valence-electron chi connectivity index (χ0n) is 9.70. The lowest BCUT2D eigenvalue weighted by Gasteiger charge is -2.09. The summed E-state index contributed by atoms with van der Waals surface area (Å²) < 4.78 is 0. The summed E-state index contributed by atoms with van der Waals surface area (Å²) in [5.74, 6) is 0.233. The highest BCUT2D eigenvalue weighted by atomic mass is 16.6. The van der Waals surface area contributed by atoms with Crippen LogP contribution in [0, 0.1) is 21.4 Å². The predicted molar refractivity (Wildman–Crippen MR) is 69.3 cm³/mol. The first-order valence-electron chi connectivity index (χ1n) is 5.32. The topological polar surface area (TPSA) is 104 Å². The van der Waals surface area contributed by atoms with Crippen LogP contribution in [0.2, 0.25) is 0 Å². The van der Waals surface area contributed by atoms with Crippen molar-refractivity contribution in [3.63, 3.8) is 0 Å². The Morgan fingerprint density at radius 3 is 2.63 bits per heavy atom. The Hall–Kier alpha value is -3.14. The third kappa shape index (κ3) is 2.95. The molecule has 0 bridgehead atoms. The Labute approximate surface area is 108 Å². The molecule has 0 aliphatic carbocycles. The van der Waals surface area contributed by atoms with Crippen LogP contribution in [0.3, 0.4) is 0 Å². The summed E-state index contributed by atoms with van der Waals surface area (Å²) in [6, 6.07) is 12.2. The summed E-state index contributed by atoms with van der Waals surface area (Å²) in [7, 11) is 0. The average molecular weight is 255 g/mol. The molecule has 7 heteroatoms. The van der Waals surface area contributed by atoms with Crippen LogP contribution in [0.25, 0.3) is 0 Å². The lowest BCUT2D eigenvalue weighted by molar-refractivity contribution is -0.385. The second-order valence-corrected chi connectivity index (χ2v) is 3.57. The van der Waals surface area contributed by atoms with E-state index < -0.39 is 4.92 Å². The number of hydrogen-bond acceptors (Lipinski definition) is 6. The number of nitrogens with zero attached hydrogens (tertiary/aromatic N) is 3. The molecule has 2 rings (SSSR count). The van der Waals surface area contributed by atoms with Gasteiger partial charge in [0.2, 0.25) is 0 Å². The van der Waals surface area contributed by atoms with Crippen LogP contribution in [0.1, 0.15) is 5.56 Å². The number of benzene rings is 1. The molecular formula is C12H9N5O2. The van der Waals surface area contributed by atoms with Gasteiger partial charge in [-0.2, -0.15) is 5.26 Å². The highest BCUT2D eigenvalue weighted by Gasteiger charge is 2.11. The van der Waals surface area contributed by atoms with E-state index in [1.54, 1.807) is 0 Å². The average Bonchev–Trinajstić information content (AvgIpc) is 2.45. The maximum atomic E-state index is 10.6. The van der Waals surface area contributed by atoms with Crippen LogP contribution < -0.4 is 10.9 Å². The van der Waals surface area contributed by atoms with E-state index in [1.165, 1.54) is 6.07 Å². The number of pyridine rings is 1. The fourth-order valence-corrected chi connectivity index (χ4v) is 1.39. The van der Waals surface area contributed by atoms with Crippen molar-refractivity contribution in [2.45, 2.75) is 0 Å². The van der Waals surface area contributed by atoms with Crippen molar-refractivity contribution in [2.24, 2.45) is 0 Å². The summed E-state index contributed by atoms with van der Waals surface area (Å²) in [4.78, 5) is 13.8. The van der Waals surface area contributed by atoms with Crippen LogP contribution in [-0.4, -0.2) is 9.91 Å². The Kier molecular flexibility index (Phi) is 3.54. The molecule has 0 unspecified atom stereocenters. The van der Waals surface area contributed by atoms with E-state index in [4.69, 9.17) is 5.26 Å². The van der Waals surface area contributed by atoms with Crippen LogP contribution >= 0.6 is 0 Å². The van der Waals surface area contributed by atoms with E-state index in [0.717, 1.165) is 11.9 Å². The Morgan fingerprint density at radius 1 is 1.26 bits per heavy atom. The molecule has 2 aromatic rings. The van der Waals surface area contributed by atoms with Crippen molar-refractivity contribution < 1.29 is 4.92 Å². The second kappa shape index (κ2) is 5.46. The number of aromatic nitrogens is 1. The van der Waals surface area contributed by atoms with E-state index >= 15 is 0 Å². The molecule has 1 aromatic carbocycles. The maximum absolute atomic E-state index is 10.6. The molecule has 94 valence electrons. The van der Waals surface area contributed by atoms with Crippen LogP contribution in [0.5, 0.6) is 0 Å². The number of anilines is 2. The van der Waals surface area contributed by atoms with Gasteiger partial charge in [0.15, 0.2) is 5.82 Å². The lowest BCUT2D eigenvalue weighted by Crippen LogP contribution is -2.11. The summed E-state index contributed by atoms with van der Waals surface area (Å²) in [5.41, 5.74) is 6.25. The molecule has 7 nitrogen and oxygen atoms in total. The van der Waals surface area contributed by atoms with Gasteiger partial charge in [0.25, 0.3) is 5.69 Å². The molecule has 1 heterocycles. The largest absolute Gasteiger partial charge is 0.300 e. The van der Waals surface area contributed by atoms with Crippen molar-refractivity contribution >= 4 is 17.2 Å². The van der Waals surface area contributed by atoms with E-state index in [2.05, 4.69) is 15.8 Å². The number of rotatable bonds is 4. The normalized spacial score (nSPS) is 9.42. The minimum atomic E-state index is -0.595. The molecule has 2 N–H and O–H groups in total. The highest BCUT2D eigenvalue weighted by Crippen LogP contribution is 2.18. The van der Waals surface area contributed by atoms with Gasteiger partial charge >= 0.3 is 0 Å². The van der Waals surface area contributed by atoms with Crippen molar-refractivity contribution in [1.29, 1.82) is 5.26 Å². The first kappa shape index (κ1) is 12.3. The third-order valence-corrected chi connectivity index (χ3v) is 2.30. The van der Waals surface area contributed by atoms with Crippen LogP contribution in [-0.2, 0) is 0 Å². The van der Waals surface area contributed by atoms with Crippen LogP contribution in [0.4, 0.5) is 17.2 Å². The van der Waals surface area contributed by atoms with E-state index in [0.29, 0.717) is 0 Å². The standard InChI is InChI=1S/C12H9N5O2/c13-7-9-6-11(17(18)19)8-14-12(9)16-15-10-4-2-1-3-5-10/h1-6,8,15H,(H,14,16). The number of nitro groups is 1. The lowest BCUT2D eigenvalue weighted by atomic mass is 10.2. The summed E-state index contributed by atoms with van der Waals surface area (Å²) in [6.45, 7) is 0. The van der Waals surface area contributed by atoms with Gasteiger partial charge in [0, 0.05) is 6.07 Å².